The zero-order valence-corrected chi connectivity index (χ0v) is 16.9. The molecule has 3 aromatic rings. The van der Waals surface area contributed by atoms with Crippen LogP contribution in [0.25, 0.3) is 10.6 Å². The van der Waals surface area contributed by atoms with Gasteiger partial charge >= 0.3 is 0 Å². The fraction of sp³-hybridized carbons (Fsp3) is 0.273. The zero-order chi connectivity index (χ0) is 19.4. The number of aryl methyl sites for hydroxylation is 2. The molecule has 2 aromatic carbocycles. The third kappa shape index (κ3) is 4.74. The third-order valence-corrected chi connectivity index (χ3v) is 5.33. The van der Waals surface area contributed by atoms with Crippen LogP contribution in [0, 0.1) is 13.8 Å². The second-order valence-electron chi connectivity index (χ2n) is 6.72. The molecule has 0 aliphatic heterocycles. The molecule has 4 nitrogen and oxygen atoms in total. The lowest BCUT2D eigenvalue weighted by Gasteiger charge is -2.17. The lowest BCUT2D eigenvalue weighted by atomic mass is 10.0. The molecule has 1 unspecified atom stereocenters. The van der Waals surface area contributed by atoms with Crippen LogP contribution < -0.4 is 10.1 Å². The molecular formula is C22H24N2O2S. The summed E-state index contributed by atoms with van der Waals surface area (Å²) in [4.78, 5) is 17.1. The van der Waals surface area contributed by atoms with Crippen LogP contribution in [0.1, 0.15) is 35.3 Å². The fourth-order valence-corrected chi connectivity index (χ4v) is 3.84. The van der Waals surface area contributed by atoms with Gasteiger partial charge in [-0.3, -0.25) is 4.79 Å². The van der Waals surface area contributed by atoms with Crippen LogP contribution in [0.4, 0.5) is 0 Å². The van der Waals surface area contributed by atoms with E-state index in [1.54, 1.807) is 18.4 Å². The van der Waals surface area contributed by atoms with Gasteiger partial charge in [0.1, 0.15) is 10.8 Å². The summed E-state index contributed by atoms with van der Waals surface area (Å²) in [6.07, 6.45) is 0.265. The van der Waals surface area contributed by atoms with Gasteiger partial charge in [-0.05, 0) is 32.9 Å². The average molecular weight is 381 g/mol. The Morgan fingerprint density at radius 1 is 1.19 bits per heavy atom. The first-order valence-corrected chi connectivity index (χ1v) is 9.79. The van der Waals surface area contributed by atoms with Gasteiger partial charge in [0.2, 0.25) is 5.91 Å². The SMILES string of the molecule is COc1ccc(C)cc1C(C)NC(=O)Cc1csc(-c2cccc(C)c2)n1. The molecule has 1 amide bonds. The summed E-state index contributed by atoms with van der Waals surface area (Å²) in [5.74, 6) is 0.732. The maximum atomic E-state index is 12.5. The number of carbonyl (C=O) groups is 1. The molecule has 0 bridgehead atoms. The van der Waals surface area contributed by atoms with E-state index in [9.17, 15) is 4.79 Å². The molecule has 0 spiro atoms. The van der Waals surface area contributed by atoms with E-state index in [4.69, 9.17) is 4.74 Å². The second-order valence-corrected chi connectivity index (χ2v) is 7.58. The van der Waals surface area contributed by atoms with Crippen molar-refractivity contribution in [1.82, 2.24) is 10.3 Å². The predicted octanol–water partition coefficient (Wildman–Crippen LogP) is 4.86. The molecule has 0 aliphatic rings. The van der Waals surface area contributed by atoms with Crippen LogP contribution in [-0.4, -0.2) is 18.0 Å². The Morgan fingerprint density at radius 3 is 2.70 bits per heavy atom. The monoisotopic (exact) mass is 380 g/mol. The van der Waals surface area contributed by atoms with Gasteiger partial charge in [0, 0.05) is 16.5 Å². The Labute approximate surface area is 164 Å². The Kier molecular flexibility index (Phi) is 5.91. The molecule has 3 rings (SSSR count). The van der Waals surface area contributed by atoms with Gasteiger partial charge in [-0.1, -0.05) is 41.5 Å². The van der Waals surface area contributed by atoms with Gasteiger partial charge < -0.3 is 10.1 Å². The van der Waals surface area contributed by atoms with E-state index >= 15 is 0 Å². The predicted molar refractivity (Wildman–Crippen MR) is 110 cm³/mol. The molecule has 0 aliphatic carbocycles. The number of nitrogens with one attached hydrogen (secondary N) is 1. The number of methoxy groups -OCH3 is 1. The Bertz CT molecular complexity index is 949. The molecule has 0 saturated carbocycles. The number of rotatable bonds is 6. The summed E-state index contributed by atoms with van der Waals surface area (Å²) < 4.78 is 5.42. The van der Waals surface area contributed by atoms with Gasteiger partial charge in [-0.15, -0.1) is 11.3 Å². The number of carbonyl (C=O) groups excluding carboxylic acids is 1. The van der Waals surface area contributed by atoms with Crippen LogP contribution in [0.3, 0.4) is 0 Å². The Morgan fingerprint density at radius 2 is 1.96 bits per heavy atom. The standard InChI is InChI=1S/C22H24N2O2S/c1-14-6-5-7-17(10-14)22-24-18(13-27-22)12-21(25)23-16(3)19-11-15(2)8-9-20(19)26-4/h5-11,13,16H,12H2,1-4H3,(H,23,25). The lowest BCUT2D eigenvalue weighted by molar-refractivity contribution is -0.121. The quantitative estimate of drug-likeness (QED) is 0.665. The largest absolute Gasteiger partial charge is 0.496 e. The first-order valence-electron chi connectivity index (χ1n) is 8.91. The van der Waals surface area contributed by atoms with Crippen LogP contribution in [0.2, 0.25) is 0 Å². The Balaban J connectivity index is 1.67. The molecule has 140 valence electrons. The van der Waals surface area contributed by atoms with Gasteiger partial charge in [-0.2, -0.15) is 0 Å². The number of ether oxygens (including phenoxy) is 1. The topological polar surface area (TPSA) is 51.2 Å². The highest BCUT2D eigenvalue weighted by Gasteiger charge is 2.16. The molecule has 0 fully saturated rings. The van der Waals surface area contributed by atoms with Crippen LogP contribution >= 0.6 is 11.3 Å². The summed E-state index contributed by atoms with van der Waals surface area (Å²) in [5.41, 5.74) is 5.18. The number of thiazole rings is 1. The van der Waals surface area contributed by atoms with Crippen molar-refractivity contribution in [2.45, 2.75) is 33.2 Å². The molecule has 27 heavy (non-hydrogen) atoms. The number of aromatic nitrogens is 1. The summed E-state index contributed by atoms with van der Waals surface area (Å²) in [6, 6.07) is 14.1. The van der Waals surface area contributed by atoms with E-state index < -0.39 is 0 Å². The molecule has 1 N–H and O–H groups in total. The van der Waals surface area contributed by atoms with Crippen molar-refractivity contribution in [3.8, 4) is 16.3 Å². The molecule has 1 heterocycles. The highest BCUT2D eigenvalue weighted by Crippen LogP contribution is 2.27. The lowest BCUT2D eigenvalue weighted by Crippen LogP contribution is -2.28. The van der Waals surface area contributed by atoms with Crippen molar-refractivity contribution >= 4 is 17.2 Å². The third-order valence-electron chi connectivity index (χ3n) is 4.39. The minimum absolute atomic E-state index is 0.0489. The van der Waals surface area contributed by atoms with Crippen molar-refractivity contribution < 1.29 is 9.53 Å². The molecular weight excluding hydrogens is 356 g/mol. The number of hydrogen-bond donors (Lipinski definition) is 1. The highest BCUT2D eigenvalue weighted by atomic mass is 32.1. The van der Waals surface area contributed by atoms with E-state index in [1.165, 1.54) is 5.56 Å². The van der Waals surface area contributed by atoms with Gasteiger partial charge in [0.05, 0.1) is 25.3 Å². The van der Waals surface area contributed by atoms with Crippen LogP contribution in [-0.2, 0) is 11.2 Å². The van der Waals surface area contributed by atoms with Crippen molar-refractivity contribution in [2.24, 2.45) is 0 Å². The van der Waals surface area contributed by atoms with E-state index in [1.807, 2.05) is 49.6 Å². The maximum Gasteiger partial charge on any atom is 0.226 e. The molecule has 1 aromatic heterocycles. The van der Waals surface area contributed by atoms with Crippen molar-refractivity contribution in [3.63, 3.8) is 0 Å². The minimum atomic E-state index is -0.137. The van der Waals surface area contributed by atoms with Crippen LogP contribution in [0.15, 0.2) is 47.8 Å². The van der Waals surface area contributed by atoms with Crippen LogP contribution in [0.5, 0.6) is 5.75 Å². The summed E-state index contributed by atoms with van der Waals surface area (Å²) in [7, 11) is 1.64. The van der Waals surface area contributed by atoms with E-state index in [0.29, 0.717) is 0 Å². The molecule has 0 radical (unpaired) electrons. The van der Waals surface area contributed by atoms with E-state index in [2.05, 4.69) is 29.4 Å². The summed E-state index contributed by atoms with van der Waals surface area (Å²) >= 11 is 1.57. The number of benzene rings is 2. The fourth-order valence-electron chi connectivity index (χ4n) is 3.03. The number of nitrogens with zero attached hydrogens (tertiary/aromatic N) is 1. The van der Waals surface area contributed by atoms with Gasteiger partial charge in [-0.25, -0.2) is 4.98 Å². The van der Waals surface area contributed by atoms with E-state index in [-0.39, 0.29) is 18.4 Å². The first-order chi connectivity index (χ1) is 13.0. The second kappa shape index (κ2) is 8.35. The van der Waals surface area contributed by atoms with Crippen molar-refractivity contribution in [1.29, 1.82) is 0 Å². The Hall–Kier alpha value is -2.66. The van der Waals surface area contributed by atoms with Gasteiger partial charge in [0.15, 0.2) is 0 Å². The summed E-state index contributed by atoms with van der Waals surface area (Å²) in [6.45, 7) is 6.06. The zero-order valence-electron chi connectivity index (χ0n) is 16.1. The number of hydrogen-bond acceptors (Lipinski definition) is 4. The smallest absolute Gasteiger partial charge is 0.226 e. The van der Waals surface area contributed by atoms with E-state index in [0.717, 1.165) is 33.1 Å². The summed E-state index contributed by atoms with van der Waals surface area (Å²) in [5, 5.41) is 5.94. The molecule has 0 saturated heterocycles. The normalized spacial score (nSPS) is 11.9. The van der Waals surface area contributed by atoms with Gasteiger partial charge in [0.25, 0.3) is 0 Å². The number of amides is 1. The molecule has 1 atom stereocenters. The maximum absolute atomic E-state index is 12.5. The highest BCUT2D eigenvalue weighted by molar-refractivity contribution is 7.13. The minimum Gasteiger partial charge on any atom is -0.496 e. The average Bonchev–Trinajstić information content (AvgIpc) is 3.10. The van der Waals surface area contributed by atoms with Crippen molar-refractivity contribution in [3.05, 3.63) is 70.2 Å². The van der Waals surface area contributed by atoms with Crippen molar-refractivity contribution in [2.75, 3.05) is 7.11 Å². The first kappa shape index (κ1) is 19.1. The molecule has 5 heteroatoms.